The minimum Gasteiger partial charge on any atom is -0.490 e. The van der Waals surface area contributed by atoms with Gasteiger partial charge in [-0.3, -0.25) is 0 Å². The van der Waals surface area contributed by atoms with Gasteiger partial charge >= 0.3 is 0 Å². The van der Waals surface area contributed by atoms with Gasteiger partial charge in [-0.15, -0.1) is 11.3 Å². The van der Waals surface area contributed by atoms with E-state index in [1.54, 1.807) is 11.3 Å². The summed E-state index contributed by atoms with van der Waals surface area (Å²) in [6, 6.07) is 10.5. The van der Waals surface area contributed by atoms with Crippen LogP contribution in [0.15, 0.2) is 46.4 Å². The van der Waals surface area contributed by atoms with Gasteiger partial charge in [-0.1, -0.05) is 6.07 Å². The lowest BCUT2D eigenvalue weighted by molar-refractivity contribution is 0.245. The van der Waals surface area contributed by atoms with Crippen LogP contribution < -0.4 is 4.74 Å². The van der Waals surface area contributed by atoms with E-state index in [1.807, 2.05) is 6.07 Å². The van der Waals surface area contributed by atoms with Crippen LogP contribution in [0.1, 0.15) is 18.7 Å². The molecular formula is C16H16BrNOS. The molecule has 0 unspecified atom stereocenters. The highest BCUT2D eigenvalue weighted by atomic mass is 79.9. The Kier molecular flexibility index (Phi) is 3.85. The van der Waals surface area contributed by atoms with Crippen molar-refractivity contribution in [3.05, 3.63) is 51.3 Å². The topological polar surface area (TPSA) is 14.2 Å². The maximum Gasteiger partial charge on any atom is 0.129 e. The average Bonchev–Trinajstić information content (AvgIpc) is 2.98. The van der Waals surface area contributed by atoms with Crippen LogP contribution in [0.3, 0.4) is 0 Å². The van der Waals surface area contributed by atoms with Crippen molar-refractivity contribution in [3.63, 3.8) is 0 Å². The maximum absolute atomic E-state index is 5.88. The van der Waals surface area contributed by atoms with Crippen molar-refractivity contribution in [1.82, 2.24) is 4.57 Å². The van der Waals surface area contributed by atoms with Crippen molar-refractivity contribution < 1.29 is 4.74 Å². The van der Waals surface area contributed by atoms with Gasteiger partial charge in [0.1, 0.15) is 5.75 Å². The molecule has 0 atom stereocenters. The summed E-state index contributed by atoms with van der Waals surface area (Å²) in [6.07, 6.45) is 2.32. The molecule has 0 bridgehead atoms. The van der Waals surface area contributed by atoms with Crippen molar-refractivity contribution >= 4 is 38.2 Å². The minimum atomic E-state index is 0.190. The van der Waals surface area contributed by atoms with Gasteiger partial charge in [-0.05, 0) is 59.4 Å². The summed E-state index contributed by atoms with van der Waals surface area (Å²) in [5, 5.41) is 3.28. The Balaban J connectivity index is 1.99. The average molecular weight is 350 g/mol. The standard InChI is InChI=1S/C16H16BrNOS/c1-11(2)19-15-5-3-4-14-12(15)6-8-18(14)10-16-13(17)7-9-20-16/h3-9,11H,10H2,1-2H3. The number of fused-ring (bicyclic) bond motifs is 1. The van der Waals surface area contributed by atoms with Crippen LogP contribution in [0.5, 0.6) is 5.75 Å². The molecule has 0 aliphatic heterocycles. The van der Waals surface area contributed by atoms with Crippen LogP contribution in [0, 0.1) is 0 Å². The fourth-order valence-corrected chi connectivity index (χ4v) is 3.76. The second-order valence-corrected chi connectivity index (χ2v) is 6.85. The van der Waals surface area contributed by atoms with Gasteiger partial charge in [-0.2, -0.15) is 0 Å². The Hall–Kier alpha value is -1.26. The van der Waals surface area contributed by atoms with Gasteiger partial charge in [0.2, 0.25) is 0 Å². The second kappa shape index (κ2) is 5.62. The van der Waals surface area contributed by atoms with E-state index in [2.05, 4.69) is 70.2 Å². The predicted octanol–water partition coefficient (Wildman–Crippen LogP) is 5.30. The number of hydrogen-bond acceptors (Lipinski definition) is 2. The van der Waals surface area contributed by atoms with E-state index < -0.39 is 0 Å². The Bertz CT molecular complexity index is 729. The number of thiophene rings is 1. The quantitative estimate of drug-likeness (QED) is 0.623. The van der Waals surface area contributed by atoms with E-state index in [0.717, 1.165) is 12.3 Å². The molecule has 0 aliphatic rings. The predicted molar refractivity (Wildman–Crippen MR) is 88.8 cm³/mol. The Morgan fingerprint density at radius 3 is 2.80 bits per heavy atom. The van der Waals surface area contributed by atoms with Crippen molar-refractivity contribution in [1.29, 1.82) is 0 Å². The number of hydrogen-bond donors (Lipinski definition) is 0. The largest absolute Gasteiger partial charge is 0.490 e. The highest BCUT2D eigenvalue weighted by Crippen LogP contribution is 2.30. The number of aromatic nitrogens is 1. The van der Waals surface area contributed by atoms with Crippen LogP contribution in [0.25, 0.3) is 10.9 Å². The molecule has 0 N–H and O–H groups in total. The zero-order valence-electron chi connectivity index (χ0n) is 11.5. The zero-order chi connectivity index (χ0) is 14.1. The maximum atomic E-state index is 5.88. The third-order valence-corrected chi connectivity index (χ3v) is 5.05. The highest BCUT2D eigenvalue weighted by Gasteiger charge is 2.09. The van der Waals surface area contributed by atoms with Crippen molar-refractivity contribution in [2.45, 2.75) is 26.5 Å². The van der Waals surface area contributed by atoms with Gasteiger partial charge in [0, 0.05) is 20.9 Å². The molecule has 104 valence electrons. The van der Waals surface area contributed by atoms with E-state index in [0.29, 0.717) is 0 Å². The highest BCUT2D eigenvalue weighted by molar-refractivity contribution is 9.10. The first-order valence-electron chi connectivity index (χ1n) is 6.61. The van der Waals surface area contributed by atoms with E-state index in [1.165, 1.54) is 20.3 Å². The number of nitrogens with zero attached hydrogens (tertiary/aromatic N) is 1. The van der Waals surface area contributed by atoms with Gasteiger partial charge in [0.15, 0.2) is 0 Å². The molecule has 0 radical (unpaired) electrons. The Labute approximate surface area is 131 Å². The molecule has 0 fully saturated rings. The normalized spacial score (nSPS) is 11.4. The zero-order valence-corrected chi connectivity index (χ0v) is 13.9. The number of halogens is 1. The monoisotopic (exact) mass is 349 g/mol. The molecule has 4 heteroatoms. The molecule has 0 spiro atoms. The van der Waals surface area contributed by atoms with Crippen LogP contribution in [-0.4, -0.2) is 10.7 Å². The number of benzene rings is 1. The van der Waals surface area contributed by atoms with Gasteiger partial charge in [-0.25, -0.2) is 0 Å². The number of ether oxygens (including phenoxy) is 1. The summed E-state index contributed by atoms with van der Waals surface area (Å²) in [7, 11) is 0. The summed E-state index contributed by atoms with van der Waals surface area (Å²) in [6.45, 7) is 4.99. The van der Waals surface area contributed by atoms with Crippen molar-refractivity contribution in [3.8, 4) is 5.75 Å². The van der Waals surface area contributed by atoms with Gasteiger partial charge < -0.3 is 9.30 Å². The molecule has 3 rings (SSSR count). The third kappa shape index (κ3) is 2.63. The molecule has 20 heavy (non-hydrogen) atoms. The van der Waals surface area contributed by atoms with Crippen LogP contribution >= 0.6 is 27.3 Å². The summed E-state index contributed by atoms with van der Waals surface area (Å²) < 4.78 is 9.32. The SMILES string of the molecule is CC(C)Oc1cccc2c1ccn2Cc1sccc1Br. The number of rotatable bonds is 4. The molecule has 2 nitrogen and oxygen atoms in total. The summed E-state index contributed by atoms with van der Waals surface area (Å²) in [4.78, 5) is 1.33. The molecule has 2 aromatic heterocycles. The van der Waals surface area contributed by atoms with Crippen LogP contribution in [0.2, 0.25) is 0 Å². The van der Waals surface area contributed by atoms with E-state index in [-0.39, 0.29) is 6.10 Å². The summed E-state index contributed by atoms with van der Waals surface area (Å²) in [5.74, 6) is 0.960. The lowest BCUT2D eigenvalue weighted by Gasteiger charge is -2.11. The Morgan fingerprint density at radius 2 is 2.10 bits per heavy atom. The molecular weight excluding hydrogens is 334 g/mol. The molecule has 0 amide bonds. The lowest BCUT2D eigenvalue weighted by atomic mass is 10.2. The summed E-state index contributed by atoms with van der Waals surface area (Å²) in [5.41, 5.74) is 1.21. The van der Waals surface area contributed by atoms with E-state index in [4.69, 9.17) is 4.74 Å². The summed E-state index contributed by atoms with van der Waals surface area (Å²) >= 11 is 5.37. The smallest absolute Gasteiger partial charge is 0.129 e. The lowest BCUT2D eigenvalue weighted by Crippen LogP contribution is -2.05. The second-order valence-electron chi connectivity index (χ2n) is 4.99. The third-order valence-electron chi connectivity index (χ3n) is 3.14. The van der Waals surface area contributed by atoms with Gasteiger partial charge in [0.25, 0.3) is 0 Å². The van der Waals surface area contributed by atoms with Crippen molar-refractivity contribution in [2.75, 3.05) is 0 Å². The molecule has 2 heterocycles. The molecule has 3 aromatic rings. The first-order valence-corrected chi connectivity index (χ1v) is 8.29. The van der Waals surface area contributed by atoms with Crippen LogP contribution in [-0.2, 0) is 6.54 Å². The van der Waals surface area contributed by atoms with E-state index in [9.17, 15) is 0 Å². The molecule has 1 aromatic carbocycles. The first kappa shape index (κ1) is 13.7. The molecule has 0 saturated heterocycles. The van der Waals surface area contributed by atoms with Gasteiger partial charge in [0.05, 0.1) is 18.2 Å². The fourth-order valence-electron chi connectivity index (χ4n) is 2.28. The fraction of sp³-hybridized carbons (Fsp3) is 0.250. The molecule has 0 saturated carbocycles. The molecule has 0 aliphatic carbocycles. The Morgan fingerprint density at radius 1 is 1.25 bits per heavy atom. The first-order chi connectivity index (χ1) is 9.65. The van der Waals surface area contributed by atoms with Crippen molar-refractivity contribution in [2.24, 2.45) is 0 Å². The minimum absolute atomic E-state index is 0.190. The van der Waals surface area contributed by atoms with Crippen LogP contribution in [0.4, 0.5) is 0 Å². The van der Waals surface area contributed by atoms with E-state index >= 15 is 0 Å².